The molecule has 0 saturated carbocycles. The summed E-state index contributed by atoms with van der Waals surface area (Å²) in [6, 6.07) is 11.3. The van der Waals surface area contributed by atoms with Gasteiger partial charge in [-0.3, -0.25) is 4.79 Å². The van der Waals surface area contributed by atoms with Gasteiger partial charge in [0.1, 0.15) is 5.75 Å². The first-order chi connectivity index (χ1) is 16.5. The van der Waals surface area contributed by atoms with Crippen LogP contribution in [-0.4, -0.2) is 43.0 Å². The predicted octanol–water partition coefficient (Wildman–Crippen LogP) is 5.33. The van der Waals surface area contributed by atoms with Crippen molar-refractivity contribution in [3.8, 4) is 5.75 Å². The lowest BCUT2D eigenvalue weighted by Crippen LogP contribution is -2.44. The Balaban J connectivity index is 1.57. The molecule has 1 fully saturated rings. The van der Waals surface area contributed by atoms with Gasteiger partial charge in [0.05, 0.1) is 10.8 Å². The van der Waals surface area contributed by atoms with Gasteiger partial charge < -0.3 is 15.0 Å². The number of fused-ring (bicyclic) bond motifs is 4. The molecule has 1 aliphatic heterocycles. The minimum absolute atomic E-state index is 0.0286. The lowest BCUT2D eigenvalue weighted by Gasteiger charge is -2.34. The van der Waals surface area contributed by atoms with Crippen molar-refractivity contribution in [2.24, 2.45) is 5.92 Å². The molecule has 0 bridgehead atoms. The summed E-state index contributed by atoms with van der Waals surface area (Å²) in [5.41, 5.74) is 2.53. The van der Waals surface area contributed by atoms with Crippen molar-refractivity contribution < 1.29 is 17.9 Å². The molecule has 186 valence electrons. The Bertz CT molecular complexity index is 1420. The Morgan fingerprint density at radius 1 is 1.09 bits per heavy atom. The zero-order valence-corrected chi connectivity index (χ0v) is 22.8. The second-order valence-electron chi connectivity index (χ2n) is 10.4. The highest BCUT2D eigenvalue weighted by Crippen LogP contribution is 2.45. The van der Waals surface area contributed by atoms with Gasteiger partial charge in [-0.2, -0.15) is 0 Å². The SMILES string of the molecule is CC(C)S(=O)(=O)C(Oc1ccc2c(c1)C(C)(C)c1[nH]c3cc(Br)ccc3c1C2=O)C1CCNCC1. The number of H-pyrrole nitrogens is 1. The van der Waals surface area contributed by atoms with E-state index in [9.17, 15) is 13.2 Å². The Hall–Kier alpha value is -2.16. The smallest absolute Gasteiger partial charge is 0.202 e. The highest BCUT2D eigenvalue weighted by atomic mass is 79.9. The topological polar surface area (TPSA) is 88.3 Å². The molecule has 1 aliphatic carbocycles. The van der Waals surface area contributed by atoms with Crippen LogP contribution in [0.2, 0.25) is 0 Å². The van der Waals surface area contributed by atoms with Crippen LogP contribution in [0.4, 0.5) is 0 Å². The van der Waals surface area contributed by atoms with Gasteiger partial charge in [-0.05, 0) is 75.7 Å². The van der Waals surface area contributed by atoms with Gasteiger partial charge in [-0.15, -0.1) is 0 Å². The van der Waals surface area contributed by atoms with Crippen LogP contribution in [-0.2, 0) is 15.3 Å². The Labute approximate surface area is 214 Å². The number of benzene rings is 2. The Kier molecular flexibility index (Phi) is 6.13. The summed E-state index contributed by atoms with van der Waals surface area (Å²) < 4.78 is 33.8. The van der Waals surface area contributed by atoms with Crippen LogP contribution >= 0.6 is 15.9 Å². The molecular formula is C27H31BrN2O4S. The molecule has 2 heterocycles. The standard InChI is InChI=1S/C27H31BrN2O4S/c1-15(2)35(32,33)26(16-9-11-29-12-10-16)34-18-6-8-19-21(14-18)27(3,4)25-23(24(19)31)20-7-5-17(28)13-22(20)30-25/h5-8,13-16,26,29-30H,9-12H2,1-4H3. The maximum atomic E-state index is 13.6. The summed E-state index contributed by atoms with van der Waals surface area (Å²) in [4.78, 5) is 17.1. The van der Waals surface area contributed by atoms with Crippen molar-refractivity contribution in [3.63, 3.8) is 0 Å². The number of halogens is 1. The van der Waals surface area contributed by atoms with Gasteiger partial charge in [0.25, 0.3) is 0 Å². The minimum Gasteiger partial charge on any atom is -0.474 e. The number of hydrogen-bond acceptors (Lipinski definition) is 5. The van der Waals surface area contributed by atoms with Gasteiger partial charge in [-0.25, -0.2) is 8.42 Å². The molecule has 2 aliphatic rings. The van der Waals surface area contributed by atoms with Crippen molar-refractivity contribution in [2.75, 3.05) is 13.1 Å². The van der Waals surface area contributed by atoms with Crippen LogP contribution in [0.25, 0.3) is 10.9 Å². The van der Waals surface area contributed by atoms with Crippen LogP contribution < -0.4 is 10.1 Å². The van der Waals surface area contributed by atoms with E-state index in [1.807, 2.05) is 24.3 Å². The summed E-state index contributed by atoms with van der Waals surface area (Å²) >= 11 is 3.51. The van der Waals surface area contributed by atoms with Crippen molar-refractivity contribution >= 4 is 42.5 Å². The molecule has 1 atom stereocenters. The van der Waals surface area contributed by atoms with E-state index in [-0.39, 0.29) is 11.7 Å². The third-order valence-electron chi connectivity index (χ3n) is 7.52. The van der Waals surface area contributed by atoms with Crippen molar-refractivity contribution in [1.29, 1.82) is 0 Å². The summed E-state index contributed by atoms with van der Waals surface area (Å²) in [6.07, 6.45) is 1.50. The molecule has 6 nitrogen and oxygen atoms in total. The molecule has 0 spiro atoms. The highest BCUT2D eigenvalue weighted by Gasteiger charge is 2.41. The number of ketones is 1. The van der Waals surface area contributed by atoms with E-state index in [1.54, 1.807) is 26.0 Å². The molecule has 2 aromatic carbocycles. The van der Waals surface area contributed by atoms with E-state index in [0.717, 1.165) is 52.6 Å². The van der Waals surface area contributed by atoms with Crippen LogP contribution in [0.1, 0.15) is 67.7 Å². The molecule has 1 saturated heterocycles. The van der Waals surface area contributed by atoms with Crippen molar-refractivity contribution in [3.05, 3.63) is 63.3 Å². The summed E-state index contributed by atoms with van der Waals surface area (Å²) in [7, 11) is -3.50. The maximum Gasteiger partial charge on any atom is 0.202 e. The Morgan fingerprint density at radius 2 is 1.80 bits per heavy atom. The minimum atomic E-state index is -3.50. The maximum absolute atomic E-state index is 13.6. The molecule has 8 heteroatoms. The van der Waals surface area contributed by atoms with Crippen LogP contribution in [0.15, 0.2) is 40.9 Å². The fourth-order valence-corrected chi connectivity index (χ4v) is 7.36. The predicted molar refractivity (Wildman–Crippen MR) is 142 cm³/mol. The summed E-state index contributed by atoms with van der Waals surface area (Å²) in [5, 5.41) is 3.67. The highest BCUT2D eigenvalue weighted by molar-refractivity contribution is 9.10. The number of sulfone groups is 1. The van der Waals surface area contributed by atoms with Gasteiger partial charge in [0, 0.05) is 38.0 Å². The molecule has 3 aromatic rings. The van der Waals surface area contributed by atoms with Gasteiger partial charge in [0.15, 0.2) is 15.6 Å². The lowest BCUT2D eigenvalue weighted by atomic mass is 9.71. The molecule has 0 amide bonds. The van der Waals surface area contributed by atoms with Gasteiger partial charge in [0.2, 0.25) is 5.44 Å². The van der Waals surface area contributed by atoms with E-state index in [4.69, 9.17) is 4.74 Å². The average molecular weight is 560 g/mol. The van der Waals surface area contributed by atoms with Crippen molar-refractivity contribution in [2.45, 2.75) is 56.6 Å². The van der Waals surface area contributed by atoms with E-state index >= 15 is 0 Å². The number of piperidine rings is 1. The molecule has 35 heavy (non-hydrogen) atoms. The van der Waals surface area contributed by atoms with E-state index in [1.165, 1.54) is 0 Å². The number of carbonyl (C=O) groups excluding carboxylic acids is 1. The molecule has 0 radical (unpaired) electrons. The normalized spacial score (nSPS) is 19.0. The number of aromatic nitrogens is 1. The number of nitrogens with one attached hydrogen (secondary N) is 2. The fraction of sp³-hybridized carbons (Fsp3) is 0.444. The molecule has 1 aromatic heterocycles. The van der Waals surface area contributed by atoms with Crippen LogP contribution in [0.5, 0.6) is 5.75 Å². The largest absolute Gasteiger partial charge is 0.474 e. The average Bonchev–Trinajstić information content (AvgIpc) is 3.21. The van der Waals surface area contributed by atoms with Gasteiger partial charge >= 0.3 is 0 Å². The quantitative estimate of drug-likeness (QED) is 0.442. The second-order valence-corrected chi connectivity index (χ2v) is 13.9. The van der Waals surface area contributed by atoms with Crippen LogP contribution in [0.3, 0.4) is 0 Å². The number of carbonyl (C=O) groups is 1. The first-order valence-corrected chi connectivity index (χ1v) is 14.5. The molecule has 1 unspecified atom stereocenters. The number of aromatic amines is 1. The summed E-state index contributed by atoms with van der Waals surface area (Å²) in [6.45, 7) is 9.14. The van der Waals surface area contributed by atoms with Crippen LogP contribution in [0, 0.1) is 5.92 Å². The fourth-order valence-electron chi connectivity index (χ4n) is 5.41. The number of ether oxygens (including phenoxy) is 1. The molecule has 2 N–H and O–H groups in total. The summed E-state index contributed by atoms with van der Waals surface area (Å²) in [5.74, 6) is 0.381. The monoisotopic (exact) mass is 558 g/mol. The second kappa shape index (κ2) is 8.75. The Morgan fingerprint density at radius 3 is 2.49 bits per heavy atom. The zero-order chi connectivity index (χ0) is 25.1. The zero-order valence-electron chi connectivity index (χ0n) is 20.4. The van der Waals surface area contributed by atoms with E-state index in [2.05, 4.69) is 40.1 Å². The first kappa shape index (κ1) is 24.5. The molecule has 5 rings (SSSR count). The van der Waals surface area contributed by atoms with E-state index < -0.39 is 25.9 Å². The van der Waals surface area contributed by atoms with Crippen molar-refractivity contribution in [1.82, 2.24) is 10.3 Å². The number of rotatable bonds is 5. The molecular weight excluding hydrogens is 528 g/mol. The van der Waals surface area contributed by atoms with E-state index in [0.29, 0.717) is 16.9 Å². The third-order valence-corrected chi connectivity index (χ3v) is 10.5. The first-order valence-electron chi connectivity index (χ1n) is 12.1. The van der Waals surface area contributed by atoms with Gasteiger partial charge in [-0.1, -0.05) is 35.8 Å². The third kappa shape index (κ3) is 4.03. The number of hydrogen-bond donors (Lipinski definition) is 2. The lowest BCUT2D eigenvalue weighted by molar-refractivity contribution is 0.103.